The molecule has 0 radical (unpaired) electrons. The molecule has 0 heterocycles. The summed E-state index contributed by atoms with van der Waals surface area (Å²) in [6.07, 6.45) is 5.48. The molecule has 3 aliphatic carbocycles. The van der Waals surface area contributed by atoms with Crippen LogP contribution in [0.25, 0.3) is 0 Å². The minimum atomic E-state index is -0.562. The first-order valence-electron chi connectivity index (χ1n) is 6.48. The summed E-state index contributed by atoms with van der Waals surface area (Å²) in [6.45, 7) is 10.5. The quantitative estimate of drug-likeness (QED) is 0.705. The predicted octanol–water partition coefficient (Wildman–Crippen LogP) is 3.31. The van der Waals surface area contributed by atoms with Gasteiger partial charge >= 0.3 is 0 Å². The third-order valence-electron chi connectivity index (χ3n) is 5.76. The molecule has 0 amide bonds. The second kappa shape index (κ2) is 2.81. The van der Waals surface area contributed by atoms with Crippen LogP contribution in [0.3, 0.4) is 0 Å². The Balaban J connectivity index is 2.02. The van der Waals surface area contributed by atoms with Crippen molar-refractivity contribution in [3.05, 3.63) is 23.8 Å². The Bertz CT molecular complexity index is 394. The van der Waals surface area contributed by atoms with Crippen LogP contribution >= 0.6 is 0 Å². The van der Waals surface area contributed by atoms with Crippen LogP contribution in [0.15, 0.2) is 23.8 Å². The summed E-state index contributed by atoms with van der Waals surface area (Å²) in [5.74, 6) is 2.04. The van der Waals surface area contributed by atoms with Crippen LogP contribution in [-0.4, -0.2) is 10.7 Å². The van der Waals surface area contributed by atoms with Gasteiger partial charge in [0.2, 0.25) is 0 Å². The fourth-order valence-corrected chi connectivity index (χ4v) is 4.98. The van der Waals surface area contributed by atoms with Gasteiger partial charge in [0.15, 0.2) is 0 Å². The molecule has 16 heavy (non-hydrogen) atoms. The summed E-state index contributed by atoms with van der Waals surface area (Å²) in [5, 5.41) is 11.0. The fourth-order valence-electron chi connectivity index (χ4n) is 4.98. The van der Waals surface area contributed by atoms with Gasteiger partial charge in [0, 0.05) is 6.42 Å². The van der Waals surface area contributed by atoms with E-state index in [0.717, 1.165) is 17.9 Å². The molecular weight excluding hydrogens is 196 g/mol. The van der Waals surface area contributed by atoms with Crippen molar-refractivity contribution in [2.24, 2.45) is 23.2 Å². The van der Waals surface area contributed by atoms with Gasteiger partial charge in [0.25, 0.3) is 0 Å². The number of rotatable bonds is 2. The van der Waals surface area contributed by atoms with E-state index in [0.29, 0.717) is 17.3 Å². The van der Waals surface area contributed by atoms with Crippen molar-refractivity contribution in [3.63, 3.8) is 0 Å². The highest BCUT2D eigenvalue weighted by Gasteiger charge is 2.75. The van der Waals surface area contributed by atoms with Crippen LogP contribution in [0, 0.1) is 23.2 Å². The SMILES string of the molecule is C=C(C)C[C@@]1(O)/C(=C/C)C2C[C@H]3CC1[C@]23C. The second-order valence-corrected chi connectivity index (χ2v) is 6.44. The van der Waals surface area contributed by atoms with Gasteiger partial charge < -0.3 is 5.11 Å². The number of hydrogen-bond donors (Lipinski definition) is 1. The highest BCUT2D eigenvalue weighted by molar-refractivity contribution is 5.41. The lowest BCUT2D eigenvalue weighted by Crippen LogP contribution is -2.59. The van der Waals surface area contributed by atoms with Gasteiger partial charge in [0.05, 0.1) is 5.60 Å². The van der Waals surface area contributed by atoms with E-state index >= 15 is 0 Å². The van der Waals surface area contributed by atoms with Gasteiger partial charge in [-0.2, -0.15) is 0 Å². The van der Waals surface area contributed by atoms with Gasteiger partial charge in [-0.25, -0.2) is 0 Å². The molecule has 0 bridgehead atoms. The first-order chi connectivity index (χ1) is 7.44. The van der Waals surface area contributed by atoms with Crippen LogP contribution < -0.4 is 0 Å². The molecule has 1 heteroatoms. The third-order valence-corrected chi connectivity index (χ3v) is 5.76. The van der Waals surface area contributed by atoms with Gasteiger partial charge in [-0.3, -0.25) is 0 Å². The first kappa shape index (κ1) is 10.6. The molecule has 3 aliphatic rings. The highest BCUT2D eigenvalue weighted by atomic mass is 16.3. The average Bonchev–Trinajstić information content (AvgIpc) is 2.33. The molecule has 3 fully saturated rings. The van der Waals surface area contributed by atoms with Gasteiger partial charge in [-0.05, 0) is 55.4 Å². The number of allylic oxidation sites excluding steroid dienone is 1. The molecular formula is C15H22O. The lowest BCUT2D eigenvalue weighted by atomic mass is 9.41. The van der Waals surface area contributed by atoms with E-state index in [1.807, 2.05) is 6.92 Å². The van der Waals surface area contributed by atoms with Crippen LogP contribution in [-0.2, 0) is 0 Å². The van der Waals surface area contributed by atoms with E-state index in [9.17, 15) is 5.11 Å². The monoisotopic (exact) mass is 218 g/mol. The molecule has 0 spiro atoms. The second-order valence-electron chi connectivity index (χ2n) is 6.44. The molecule has 88 valence electrons. The summed E-state index contributed by atoms with van der Waals surface area (Å²) >= 11 is 0. The minimum absolute atomic E-state index is 0.423. The van der Waals surface area contributed by atoms with Gasteiger partial charge in [-0.15, -0.1) is 6.58 Å². The zero-order valence-corrected chi connectivity index (χ0v) is 10.6. The zero-order chi connectivity index (χ0) is 11.7. The normalized spacial score (nSPS) is 55.5. The summed E-state index contributed by atoms with van der Waals surface area (Å²) < 4.78 is 0. The Kier molecular flexibility index (Phi) is 1.86. The van der Waals surface area contributed by atoms with Crippen molar-refractivity contribution in [1.82, 2.24) is 0 Å². The van der Waals surface area contributed by atoms with Gasteiger partial charge in [-0.1, -0.05) is 18.6 Å². The van der Waals surface area contributed by atoms with Crippen molar-refractivity contribution in [2.75, 3.05) is 0 Å². The van der Waals surface area contributed by atoms with Crippen LogP contribution in [0.2, 0.25) is 0 Å². The molecule has 1 nitrogen and oxygen atoms in total. The minimum Gasteiger partial charge on any atom is -0.385 e. The summed E-state index contributed by atoms with van der Waals surface area (Å²) in [4.78, 5) is 0. The maximum absolute atomic E-state index is 11.0. The maximum atomic E-state index is 11.0. The van der Waals surface area contributed by atoms with Crippen molar-refractivity contribution in [3.8, 4) is 0 Å². The molecule has 0 aliphatic heterocycles. The Labute approximate surface area is 98.2 Å². The van der Waals surface area contributed by atoms with Crippen LogP contribution in [0.5, 0.6) is 0 Å². The first-order valence-corrected chi connectivity index (χ1v) is 6.48. The standard InChI is InChI=1S/C15H22O/c1-5-11-12-6-10-7-13(14(10,12)4)15(11,16)8-9(2)3/h5,10,12-13,16H,2,6-8H2,1,3-4H3/b11-5+/t10-,12?,13?,14-,15+/m0/s1. The largest absolute Gasteiger partial charge is 0.385 e. The molecule has 0 saturated heterocycles. The van der Waals surface area contributed by atoms with Crippen molar-refractivity contribution in [2.45, 2.75) is 45.6 Å². The van der Waals surface area contributed by atoms with Gasteiger partial charge in [0.1, 0.15) is 0 Å². The van der Waals surface area contributed by atoms with E-state index in [4.69, 9.17) is 0 Å². The number of hydrogen-bond acceptors (Lipinski definition) is 1. The molecule has 0 aromatic heterocycles. The van der Waals surface area contributed by atoms with E-state index in [2.05, 4.69) is 26.5 Å². The average molecular weight is 218 g/mol. The predicted molar refractivity (Wildman–Crippen MR) is 65.9 cm³/mol. The number of aliphatic hydroxyl groups is 1. The molecule has 1 N–H and O–H groups in total. The van der Waals surface area contributed by atoms with E-state index in [1.165, 1.54) is 18.4 Å². The van der Waals surface area contributed by atoms with E-state index in [1.54, 1.807) is 0 Å². The fraction of sp³-hybridized carbons (Fsp3) is 0.733. The maximum Gasteiger partial charge on any atom is 0.0929 e. The molecule has 5 atom stereocenters. The summed E-state index contributed by atoms with van der Waals surface area (Å²) in [7, 11) is 0. The molecule has 2 unspecified atom stereocenters. The highest BCUT2D eigenvalue weighted by Crippen LogP contribution is 2.79. The summed E-state index contributed by atoms with van der Waals surface area (Å²) in [5.41, 5.74) is 2.28. The van der Waals surface area contributed by atoms with E-state index in [-0.39, 0.29) is 0 Å². The van der Waals surface area contributed by atoms with Crippen molar-refractivity contribution in [1.29, 1.82) is 0 Å². The molecule has 3 rings (SSSR count). The smallest absolute Gasteiger partial charge is 0.0929 e. The lowest BCUT2D eigenvalue weighted by molar-refractivity contribution is -0.176. The van der Waals surface area contributed by atoms with E-state index < -0.39 is 5.60 Å². The Morgan fingerprint density at radius 1 is 1.56 bits per heavy atom. The van der Waals surface area contributed by atoms with Crippen molar-refractivity contribution >= 4 is 0 Å². The Morgan fingerprint density at radius 3 is 2.75 bits per heavy atom. The third kappa shape index (κ3) is 0.886. The van der Waals surface area contributed by atoms with Crippen LogP contribution in [0.4, 0.5) is 0 Å². The molecule has 0 aromatic rings. The molecule has 0 aromatic carbocycles. The summed E-state index contributed by atoms with van der Waals surface area (Å²) in [6, 6.07) is 0. The van der Waals surface area contributed by atoms with Crippen molar-refractivity contribution < 1.29 is 5.11 Å². The van der Waals surface area contributed by atoms with Crippen LogP contribution in [0.1, 0.15) is 40.0 Å². The lowest BCUT2D eigenvalue weighted by Gasteiger charge is -2.63. The topological polar surface area (TPSA) is 20.2 Å². The molecule has 3 saturated carbocycles. The Morgan fingerprint density at radius 2 is 2.25 bits per heavy atom. The Hall–Kier alpha value is -0.560. The zero-order valence-electron chi connectivity index (χ0n) is 10.6.